The van der Waals surface area contributed by atoms with Gasteiger partial charge in [-0.05, 0) is 35.4 Å². The molecule has 1 heterocycles. The molecular formula is C13H14N4O2. The van der Waals surface area contributed by atoms with Crippen LogP contribution in [0.15, 0.2) is 30.3 Å². The highest BCUT2D eigenvalue weighted by Crippen LogP contribution is 2.27. The second-order valence-corrected chi connectivity index (χ2v) is 4.58. The minimum atomic E-state index is -0.145. The number of rotatable bonds is 4. The Bertz CT molecular complexity index is 563. The molecule has 0 aliphatic heterocycles. The van der Waals surface area contributed by atoms with E-state index in [1.807, 2.05) is 30.3 Å². The Kier molecular flexibility index (Phi) is 3.22. The molecule has 0 spiro atoms. The van der Waals surface area contributed by atoms with E-state index in [1.165, 1.54) is 0 Å². The molecule has 1 fully saturated rings. The Labute approximate surface area is 110 Å². The van der Waals surface area contributed by atoms with Crippen molar-refractivity contribution >= 4 is 5.97 Å². The summed E-state index contributed by atoms with van der Waals surface area (Å²) in [6.07, 6.45) is 2.98. The average Bonchev–Trinajstić information content (AvgIpc) is 2.83. The standard InChI is InChI=1S/C13H14N4O2/c18-13(10-5-4-6-10)19-9-12-14-15-16-17(12)11-7-2-1-3-8-11/h1-3,7-8,10H,4-6,9H2. The summed E-state index contributed by atoms with van der Waals surface area (Å²) in [5.41, 5.74) is 0.849. The molecule has 0 unspecified atom stereocenters. The van der Waals surface area contributed by atoms with Gasteiger partial charge in [0.2, 0.25) is 0 Å². The van der Waals surface area contributed by atoms with Gasteiger partial charge in [0.1, 0.15) is 0 Å². The first-order chi connectivity index (χ1) is 9.34. The average molecular weight is 258 g/mol. The summed E-state index contributed by atoms with van der Waals surface area (Å²) in [6, 6.07) is 9.52. The van der Waals surface area contributed by atoms with Gasteiger partial charge in [-0.1, -0.05) is 24.6 Å². The third kappa shape index (κ3) is 2.47. The number of hydrogen-bond acceptors (Lipinski definition) is 5. The van der Waals surface area contributed by atoms with E-state index in [-0.39, 0.29) is 18.5 Å². The van der Waals surface area contributed by atoms with Crippen LogP contribution in [-0.2, 0) is 16.1 Å². The number of carbonyl (C=O) groups excluding carboxylic acids is 1. The van der Waals surface area contributed by atoms with Crippen LogP contribution in [0, 0.1) is 5.92 Å². The fraction of sp³-hybridized carbons (Fsp3) is 0.385. The van der Waals surface area contributed by atoms with Crippen LogP contribution in [0.25, 0.3) is 5.69 Å². The highest BCUT2D eigenvalue weighted by Gasteiger charge is 2.27. The number of ether oxygens (including phenoxy) is 1. The zero-order valence-electron chi connectivity index (χ0n) is 10.4. The maximum Gasteiger partial charge on any atom is 0.309 e. The number of esters is 1. The minimum absolute atomic E-state index is 0.0704. The van der Waals surface area contributed by atoms with Gasteiger partial charge in [0, 0.05) is 0 Å². The minimum Gasteiger partial charge on any atom is -0.457 e. The maximum absolute atomic E-state index is 11.7. The molecule has 0 N–H and O–H groups in total. The number of benzene rings is 1. The number of para-hydroxylation sites is 1. The van der Waals surface area contributed by atoms with Crippen LogP contribution >= 0.6 is 0 Å². The van der Waals surface area contributed by atoms with Crippen molar-refractivity contribution in [2.45, 2.75) is 25.9 Å². The second-order valence-electron chi connectivity index (χ2n) is 4.58. The maximum atomic E-state index is 11.7. The molecule has 0 atom stereocenters. The lowest BCUT2D eigenvalue weighted by atomic mass is 9.86. The monoisotopic (exact) mass is 258 g/mol. The zero-order chi connectivity index (χ0) is 13.1. The first kappa shape index (κ1) is 11.8. The van der Waals surface area contributed by atoms with Gasteiger partial charge in [0.05, 0.1) is 11.6 Å². The lowest BCUT2D eigenvalue weighted by Gasteiger charge is -2.22. The van der Waals surface area contributed by atoms with Crippen LogP contribution in [0.5, 0.6) is 0 Å². The van der Waals surface area contributed by atoms with Crippen LogP contribution in [-0.4, -0.2) is 26.2 Å². The highest BCUT2D eigenvalue weighted by molar-refractivity contribution is 5.73. The molecule has 3 rings (SSSR count). The van der Waals surface area contributed by atoms with Gasteiger partial charge in [-0.3, -0.25) is 4.79 Å². The van der Waals surface area contributed by atoms with Crippen molar-refractivity contribution in [2.24, 2.45) is 5.92 Å². The first-order valence-corrected chi connectivity index (χ1v) is 6.34. The van der Waals surface area contributed by atoms with E-state index in [2.05, 4.69) is 15.5 Å². The molecule has 1 aromatic carbocycles. The SMILES string of the molecule is O=C(OCc1nnnn1-c1ccccc1)C1CCC1. The van der Waals surface area contributed by atoms with E-state index in [9.17, 15) is 4.79 Å². The van der Waals surface area contributed by atoms with E-state index in [4.69, 9.17) is 4.74 Å². The first-order valence-electron chi connectivity index (χ1n) is 6.34. The summed E-state index contributed by atoms with van der Waals surface area (Å²) in [6.45, 7) is 0.108. The molecule has 0 saturated heterocycles. The van der Waals surface area contributed by atoms with Gasteiger partial charge in [-0.2, -0.15) is 4.68 Å². The quantitative estimate of drug-likeness (QED) is 0.777. The van der Waals surface area contributed by atoms with Gasteiger partial charge < -0.3 is 4.74 Å². The second kappa shape index (κ2) is 5.17. The van der Waals surface area contributed by atoms with Crippen molar-refractivity contribution in [1.29, 1.82) is 0 Å². The van der Waals surface area contributed by atoms with Gasteiger partial charge in [0.25, 0.3) is 0 Å². The summed E-state index contributed by atoms with van der Waals surface area (Å²) in [5.74, 6) is 0.453. The molecule has 1 aromatic heterocycles. The predicted molar refractivity (Wildman–Crippen MR) is 66.3 cm³/mol. The molecule has 19 heavy (non-hydrogen) atoms. The Morgan fingerprint density at radius 1 is 1.32 bits per heavy atom. The molecule has 1 aliphatic carbocycles. The molecule has 1 saturated carbocycles. The molecule has 6 heteroatoms. The summed E-state index contributed by atoms with van der Waals surface area (Å²) in [7, 11) is 0. The van der Waals surface area contributed by atoms with Crippen molar-refractivity contribution in [3.63, 3.8) is 0 Å². The van der Waals surface area contributed by atoms with Gasteiger partial charge in [-0.15, -0.1) is 5.10 Å². The smallest absolute Gasteiger partial charge is 0.309 e. The van der Waals surface area contributed by atoms with Crippen LogP contribution < -0.4 is 0 Å². The van der Waals surface area contributed by atoms with Gasteiger partial charge >= 0.3 is 5.97 Å². The summed E-state index contributed by atoms with van der Waals surface area (Å²) < 4.78 is 6.83. The van der Waals surface area contributed by atoms with Crippen molar-refractivity contribution in [2.75, 3.05) is 0 Å². The van der Waals surface area contributed by atoms with Crippen molar-refractivity contribution in [1.82, 2.24) is 20.2 Å². The summed E-state index contributed by atoms with van der Waals surface area (Å²) >= 11 is 0. The summed E-state index contributed by atoms with van der Waals surface area (Å²) in [5, 5.41) is 11.4. The Hall–Kier alpha value is -2.24. The fourth-order valence-corrected chi connectivity index (χ4v) is 1.96. The number of carbonyl (C=O) groups is 1. The van der Waals surface area contributed by atoms with Gasteiger partial charge in [-0.25, -0.2) is 0 Å². The third-order valence-electron chi connectivity index (χ3n) is 3.32. The topological polar surface area (TPSA) is 69.9 Å². The lowest BCUT2D eigenvalue weighted by Crippen LogP contribution is -2.24. The van der Waals surface area contributed by atoms with Crippen LogP contribution in [0.3, 0.4) is 0 Å². The normalized spacial score (nSPS) is 14.9. The summed E-state index contributed by atoms with van der Waals surface area (Å²) in [4.78, 5) is 11.7. The van der Waals surface area contributed by atoms with Crippen LogP contribution in [0.1, 0.15) is 25.1 Å². The number of nitrogens with zero attached hydrogens (tertiary/aromatic N) is 4. The zero-order valence-corrected chi connectivity index (χ0v) is 10.4. The Morgan fingerprint density at radius 2 is 2.11 bits per heavy atom. The molecular weight excluding hydrogens is 244 g/mol. The Balaban J connectivity index is 1.68. The van der Waals surface area contributed by atoms with E-state index in [0.717, 1.165) is 24.9 Å². The number of hydrogen-bond donors (Lipinski definition) is 0. The number of aromatic nitrogens is 4. The number of tetrazole rings is 1. The molecule has 0 bridgehead atoms. The van der Waals surface area contributed by atoms with Crippen molar-refractivity contribution < 1.29 is 9.53 Å². The molecule has 6 nitrogen and oxygen atoms in total. The molecule has 98 valence electrons. The van der Waals surface area contributed by atoms with Crippen LogP contribution in [0.4, 0.5) is 0 Å². The van der Waals surface area contributed by atoms with E-state index >= 15 is 0 Å². The van der Waals surface area contributed by atoms with Crippen LogP contribution in [0.2, 0.25) is 0 Å². The molecule has 0 amide bonds. The predicted octanol–water partition coefficient (Wildman–Crippen LogP) is 1.51. The van der Waals surface area contributed by atoms with E-state index in [1.54, 1.807) is 4.68 Å². The van der Waals surface area contributed by atoms with Crippen molar-refractivity contribution in [3.05, 3.63) is 36.2 Å². The Morgan fingerprint density at radius 3 is 2.79 bits per heavy atom. The molecule has 2 aromatic rings. The van der Waals surface area contributed by atoms with E-state index in [0.29, 0.717) is 5.82 Å². The molecule has 0 radical (unpaired) electrons. The third-order valence-corrected chi connectivity index (χ3v) is 3.32. The molecule has 1 aliphatic rings. The van der Waals surface area contributed by atoms with Crippen molar-refractivity contribution in [3.8, 4) is 5.69 Å². The highest BCUT2D eigenvalue weighted by atomic mass is 16.5. The van der Waals surface area contributed by atoms with Gasteiger partial charge in [0.15, 0.2) is 12.4 Å². The van der Waals surface area contributed by atoms with E-state index < -0.39 is 0 Å². The fourth-order valence-electron chi connectivity index (χ4n) is 1.96. The lowest BCUT2D eigenvalue weighted by molar-refractivity contribution is -0.153. The largest absolute Gasteiger partial charge is 0.457 e.